The lowest BCUT2D eigenvalue weighted by molar-refractivity contribution is -0.146. The standard InChI is InChI=1S/C24H21Cl2FN2O4S/c1-15(30)33-20(14-29(34(2,31)32)19-7-5-18(27)6-8-19)13-28-23-9-3-16(25)11-21(23)22-12-17(26)4-10-24(22)28/h3-12,20H,13-14H2,1-2H3. The van der Waals surface area contributed by atoms with Crippen molar-refractivity contribution in [2.75, 3.05) is 17.1 Å². The molecule has 0 saturated heterocycles. The Labute approximate surface area is 206 Å². The monoisotopic (exact) mass is 522 g/mol. The Balaban J connectivity index is 1.79. The summed E-state index contributed by atoms with van der Waals surface area (Å²) in [5.41, 5.74) is 1.92. The summed E-state index contributed by atoms with van der Waals surface area (Å²) >= 11 is 12.5. The number of aromatic nitrogens is 1. The quantitative estimate of drug-likeness (QED) is 0.294. The molecule has 1 unspecified atom stereocenters. The van der Waals surface area contributed by atoms with Gasteiger partial charge in [0.1, 0.15) is 11.9 Å². The Kier molecular flexibility index (Phi) is 6.75. The third kappa shape index (κ3) is 5.14. The molecular formula is C24H21Cl2FN2O4S. The molecule has 0 saturated carbocycles. The van der Waals surface area contributed by atoms with Crippen LogP contribution in [0.25, 0.3) is 21.8 Å². The zero-order chi connectivity index (χ0) is 24.6. The minimum atomic E-state index is -3.76. The third-order valence-electron chi connectivity index (χ3n) is 5.39. The molecule has 34 heavy (non-hydrogen) atoms. The van der Waals surface area contributed by atoms with Gasteiger partial charge in [-0.05, 0) is 60.7 Å². The Bertz CT molecular complexity index is 1430. The Morgan fingerprint density at radius 3 is 2.00 bits per heavy atom. The summed E-state index contributed by atoms with van der Waals surface area (Å²) < 4.78 is 47.2. The van der Waals surface area contributed by atoms with Crippen LogP contribution in [0, 0.1) is 5.82 Å². The minimum absolute atomic E-state index is 0.160. The van der Waals surface area contributed by atoms with E-state index in [9.17, 15) is 17.6 Å². The number of sulfonamides is 1. The maximum absolute atomic E-state index is 13.4. The van der Waals surface area contributed by atoms with Crippen molar-refractivity contribution in [1.29, 1.82) is 0 Å². The molecule has 178 valence electrons. The molecule has 4 aromatic rings. The Morgan fingerprint density at radius 1 is 1.00 bits per heavy atom. The SMILES string of the molecule is CC(=O)OC(CN(c1ccc(F)cc1)S(C)(=O)=O)Cn1c2ccc(Cl)cc2c2cc(Cl)ccc21. The molecule has 1 atom stereocenters. The highest BCUT2D eigenvalue weighted by atomic mass is 35.5. The maximum Gasteiger partial charge on any atom is 0.303 e. The molecular weight excluding hydrogens is 502 g/mol. The van der Waals surface area contributed by atoms with Gasteiger partial charge in [0.25, 0.3) is 0 Å². The summed E-state index contributed by atoms with van der Waals surface area (Å²) in [6.45, 7) is 1.27. The molecule has 0 radical (unpaired) electrons. The number of benzene rings is 3. The zero-order valence-electron chi connectivity index (χ0n) is 18.3. The number of carbonyl (C=O) groups is 1. The Hall–Kier alpha value is -2.81. The molecule has 0 N–H and O–H groups in total. The summed E-state index contributed by atoms with van der Waals surface area (Å²) in [6.07, 6.45) is 0.202. The second-order valence-corrected chi connectivity index (χ2v) is 10.7. The number of halogens is 3. The van der Waals surface area contributed by atoms with Gasteiger partial charge in [0, 0.05) is 38.8 Å². The zero-order valence-corrected chi connectivity index (χ0v) is 20.7. The largest absolute Gasteiger partial charge is 0.459 e. The Morgan fingerprint density at radius 2 is 1.53 bits per heavy atom. The molecule has 6 nitrogen and oxygen atoms in total. The molecule has 0 aliphatic heterocycles. The van der Waals surface area contributed by atoms with Gasteiger partial charge < -0.3 is 9.30 Å². The van der Waals surface area contributed by atoms with Gasteiger partial charge >= 0.3 is 5.97 Å². The van der Waals surface area contributed by atoms with Crippen LogP contribution < -0.4 is 4.31 Å². The van der Waals surface area contributed by atoms with Crippen molar-refractivity contribution in [3.63, 3.8) is 0 Å². The first kappa shape index (κ1) is 24.3. The second kappa shape index (κ2) is 9.44. The van der Waals surface area contributed by atoms with Crippen molar-refractivity contribution in [2.24, 2.45) is 0 Å². The van der Waals surface area contributed by atoms with Gasteiger partial charge in [0.05, 0.1) is 25.0 Å². The number of rotatable bonds is 7. The van der Waals surface area contributed by atoms with Gasteiger partial charge in [-0.2, -0.15) is 0 Å². The average molecular weight is 523 g/mol. The van der Waals surface area contributed by atoms with E-state index in [4.69, 9.17) is 27.9 Å². The molecule has 0 bridgehead atoms. The molecule has 1 aromatic heterocycles. The summed E-state index contributed by atoms with van der Waals surface area (Å²) in [6, 6.07) is 15.9. The molecule has 3 aromatic carbocycles. The van der Waals surface area contributed by atoms with Crippen LogP contribution in [-0.4, -0.2) is 37.9 Å². The molecule has 0 fully saturated rings. The van der Waals surface area contributed by atoms with E-state index in [2.05, 4.69) is 0 Å². The molecule has 10 heteroatoms. The second-order valence-electron chi connectivity index (χ2n) is 7.94. The number of anilines is 1. The van der Waals surface area contributed by atoms with Crippen molar-refractivity contribution in [3.05, 3.63) is 76.5 Å². The lowest BCUT2D eigenvalue weighted by atomic mass is 10.1. The molecule has 0 spiro atoms. The number of hydrogen-bond donors (Lipinski definition) is 0. The van der Waals surface area contributed by atoms with Crippen LogP contribution in [0.2, 0.25) is 10.0 Å². The van der Waals surface area contributed by atoms with E-state index in [0.717, 1.165) is 32.4 Å². The van der Waals surface area contributed by atoms with Crippen LogP contribution in [0.1, 0.15) is 6.92 Å². The van der Waals surface area contributed by atoms with E-state index >= 15 is 0 Å². The van der Waals surface area contributed by atoms with E-state index in [1.54, 1.807) is 12.1 Å². The van der Waals surface area contributed by atoms with Gasteiger partial charge in [-0.15, -0.1) is 0 Å². The van der Waals surface area contributed by atoms with E-state index in [1.165, 1.54) is 31.2 Å². The van der Waals surface area contributed by atoms with Crippen molar-refractivity contribution >= 4 is 66.7 Å². The molecule has 4 rings (SSSR count). The van der Waals surface area contributed by atoms with E-state index in [-0.39, 0.29) is 18.8 Å². The van der Waals surface area contributed by atoms with Crippen LogP contribution in [0.15, 0.2) is 60.7 Å². The molecule has 0 amide bonds. The van der Waals surface area contributed by atoms with Gasteiger partial charge in [0.2, 0.25) is 10.0 Å². The first-order valence-electron chi connectivity index (χ1n) is 10.3. The van der Waals surface area contributed by atoms with Crippen molar-refractivity contribution in [3.8, 4) is 0 Å². The first-order valence-corrected chi connectivity index (χ1v) is 12.9. The summed E-state index contributed by atoms with van der Waals surface area (Å²) in [5, 5.41) is 2.85. The molecule has 0 aliphatic carbocycles. The van der Waals surface area contributed by atoms with Gasteiger partial charge in [-0.3, -0.25) is 9.10 Å². The van der Waals surface area contributed by atoms with Crippen molar-refractivity contribution in [2.45, 2.75) is 19.6 Å². The number of ether oxygens (including phenoxy) is 1. The van der Waals surface area contributed by atoms with Crippen LogP contribution in [0.4, 0.5) is 10.1 Å². The number of nitrogens with zero attached hydrogens (tertiary/aromatic N) is 2. The predicted molar refractivity (Wildman–Crippen MR) is 134 cm³/mol. The minimum Gasteiger partial charge on any atom is -0.459 e. The highest BCUT2D eigenvalue weighted by molar-refractivity contribution is 7.92. The van der Waals surface area contributed by atoms with E-state index in [1.807, 2.05) is 28.8 Å². The number of esters is 1. The fraction of sp³-hybridized carbons (Fsp3) is 0.208. The topological polar surface area (TPSA) is 68.6 Å². The third-order valence-corrected chi connectivity index (χ3v) is 7.02. The molecule has 1 heterocycles. The van der Waals surface area contributed by atoms with Crippen molar-refractivity contribution < 1.29 is 22.3 Å². The fourth-order valence-corrected chi connectivity index (χ4v) is 5.33. The average Bonchev–Trinajstić information content (AvgIpc) is 3.03. The van der Waals surface area contributed by atoms with Crippen LogP contribution in [0.3, 0.4) is 0 Å². The number of fused-ring (bicyclic) bond motifs is 3. The highest BCUT2D eigenvalue weighted by Crippen LogP contribution is 2.33. The summed E-state index contributed by atoms with van der Waals surface area (Å²) in [4.78, 5) is 11.9. The predicted octanol–water partition coefficient (Wildman–Crippen LogP) is 5.64. The van der Waals surface area contributed by atoms with E-state index in [0.29, 0.717) is 10.0 Å². The van der Waals surface area contributed by atoms with Gasteiger partial charge in [-0.25, -0.2) is 12.8 Å². The lowest BCUT2D eigenvalue weighted by Gasteiger charge is -2.28. The first-order chi connectivity index (χ1) is 16.0. The van der Waals surface area contributed by atoms with Crippen molar-refractivity contribution in [1.82, 2.24) is 4.57 Å². The smallest absolute Gasteiger partial charge is 0.303 e. The normalized spacial score (nSPS) is 12.7. The lowest BCUT2D eigenvalue weighted by Crippen LogP contribution is -2.40. The van der Waals surface area contributed by atoms with Gasteiger partial charge in [-0.1, -0.05) is 23.2 Å². The number of carbonyl (C=O) groups excluding carboxylic acids is 1. The highest BCUT2D eigenvalue weighted by Gasteiger charge is 2.26. The maximum atomic E-state index is 13.4. The fourth-order valence-electron chi connectivity index (χ4n) is 4.04. The van der Waals surface area contributed by atoms with Crippen LogP contribution in [-0.2, 0) is 26.1 Å². The van der Waals surface area contributed by atoms with Crippen LogP contribution in [0.5, 0.6) is 0 Å². The molecule has 0 aliphatic rings. The summed E-state index contributed by atoms with van der Waals surface area (Å²) in [5.74, 6) is -1.04. The van der Waals surface area contributed by atoms with E-state index < -0.39 is 27.9 Å². The van der Waals surface area contributed by atoms with Crippen LogP contribution >= 0.6 is 23.2 Å². The van der Waals surface area contributed by atoms with Gasteiger partial charge in [0.15, 0.2) is 0 Å². The number of hydrogen-bond acceptors (Lipinski definition) is 4. The summed E-state index contributed by atoms with van der Waals surface area (Å²) in [7, 11) is -3.76.